The molecule has 1 unspecified atom stereocenters. The van der Waals surface area contributed by atoms with Crippen LogP contribution in [0.15, 0.2) is 46.5 Å². The molecule has 1 rings (SSSR count). The number of methoxy groups -OCH3 is 1. The minimum absolute atomic E-state index is 0.379. The van der Waals surface area contributed by atoms with E-state index in [0.717, 1.165) is 16.5 Å². The molecule has 0 aliphatic heterocycles. The predicted molar refractivity (Wildman–Crippen MR) is 69.2 cm³/mol. The average molecular weight is 283 g/mol. The van der Waals surface area contributed by atoms with Gasteiger partial charge in [0.25, 0.3) is 0 Å². The summed E-state index contributed by atoms with van der Waals surface area (Å²) in [4.78, 5) is 11.4. The number of carbonyl (C=O) groups excluding carboxylic acids is 1. The molecule has 0 heterocycles. The summed E-state index contributed by atoms with van der Waals surface area (Å²) in [6, 6.07) is 0. The van der Waals surface area contributed by atoms with Gasteiger partial charge >= 0.3 is 5.97 Å². The van der Waals surface area contributed by atoms with Crippen molar-refractivity contribution in [3.8, 4) is 0 Å². The van der Waals surface area contributed by atoms with Crippen LogP contribution >= 0.6 is 15.9 Å². The van der Waals surface area contributed by atoms with E-state index in [1.54, 1.807) is 0 Å². The first kappa shape index (κ1) is 13.0. The lowest BCUT2D eigenvalue weighted by Crippen LogP contribution is -2.06. The van der Waals surface area contributed by atoms with Crippen molar-refractivity contribution < 1.29 is 9.53 Å². The van der Waals surface area contributed by atoms with Crippen molar-refractivity contribution >= 4 is 21.9 Å². The summed E-state index contributed by atoms with van der Waals surface area (Å²) in [7, 11) is 1.36. The molecule has 0 saturated heterocycles. The van der Waals surface area contributed by atoms with E-state index in [2.05, 4.69) is 40.2 Å². The van der Waals surface area contributed by atoms with Gasteiger partial charge in [0.1, 0.15) is 0 Å². The molecule has 1 aliphatic rings. The Morgan fingerprint density at radius 3 is 2.94 bits per heavy atom. The second-order valence-electron chi connectivity index (χ2n) is 3.74. The largest absolute Gasteiger partial charge is 0.465 e. The van der Waals surface area contributed by atoms with Crippen LogP contribution in [0.4, 0.5) is 0 Å². The van der Waals surface area contributed by atoms with Gasteiger partial charge in [-0.1, -0.05) is 47.7 Å². The zero-order valence-electron chi connectivity index (χ0n) is 9.50. The number of rotatable bonds is 2. The van der Waals surface area contributed by atoms with E-state index in [9.17, 15) is 4.79 Å². The van der Waals surface area contributed by atoms with Crippen LogP contribution in [0.3, 0.4) is 0 Å². The lowest BCUT2D eigenvalue weighted by atomic mass is 9.97. The highest BCUT2D eigenvalue weighted by Crippen LogP contribution is 2.23. The molecular formula is C13H15BrO2. The standard InChI is InChI=1S/C13H15BrO2/c1-9-5-4-6-12(14)8-11(7-9)10(2)13(15)16-3/h4,6-9H,2,5H2,1,3H3/b6-4+,11-7+,12-8+. The molecule has 0 N–H and O–H groups in total. The molecule has 1 atom stereocenters. The number of esters is 1. The number of hydrogen-bond acceptors (Lipinski definition) is 2. The van der Waals surface area contributed by atoms with Gasteiger partial charge in [-0.25, -0.2) is 4.79 Å². The summed E-state index contributed by atoms with van der Waals surface area (Å²) in [5.74, 6) is -0.0101. The zero-order chi connectivity index (χ0) is 12.1. The van der Waals surface area contributed by atoms with Crippen LogP contribution in [0, 0.1) is 5.92 Å². The molecule has 0 aromatic rings. The molecule has 0 aromatic heterocycles. The second-order valence-corrected chi connectivity index (χ2v) is 4.65. The fourth-order valence-corrected chi connectivity index (χ4v) is 1.88. The van der Waals surface area contributed by atoms with E-state index in [0.29, 0.717) is 11.5 Å². The lowest BCUT2D eigenvalue weighted by Gasteiger charge is -2.11. The van der Waals surface area contributed by atoms with Crippen molar-refractivity contribution in [1.29, 1.82) is 0 Å². The SMILES string of the molecule is C=C(C(=O)OC)C1=C/C(C)C/C=C/C(Br)=C\1. The Hall–Kier alpha value is -1.09. The molecule has 0 spiro atoms. The number of halogens is 1. The molecule has 0 bridgehead atoms. The predicted octanol–water partition coefficient (Wildman–Crippen LogP) is 3.52. The monoisotopic (exact) mass is 282 g/mol. The average Bonchev–Trinajstić information content (AvgIpc) is 2.23. The third-order valence-corrected chi connectivity index (χ3v) is 2.82. The zero-order valence-corrected chi connectivity index (χ0v) is 11.1. The van der Waals surface area contributed by atoms with Crippen molar-refractivity contribution in [2.75, 3.05) is 7.11 Å². The van der Waals surface area contributed by atoms with Gasteiger partial charge in [-0.2, -0.15) is 0 Å². The van der Waals surface area contributed by atoms with Crippen LogP contribution in [0.5, 0.6) is 0 Å². The Labute approximate surface area is 104 Å². The summed E-state index contributed by atoms with van der Waals surface area (Å²) in [5.41, 5.74) is 1.21. The second kappa shape index (κ2) is 5.85. The first-order valence-electron chi connectivity index (χ1n) is 5.07. The van der Waals surface area contributed by atoms with Gasteiger partial charge in [0, 0.05) is 4.48 Å². The molecule has 1 aliphatic carbocycles. The van der Waals surface area contributed by atoms with E-state index in [-0.39, 0.29) is 5.97 Å². The Balaban J connectivity index is 3.03. The smallest absolute Gasteiger partial charge is 0.337 e. The van der Waals surface area contributed by atoms with E-state index in [1.165, 1.54) is 7.11 Å². The Morgan fingerprint density at radius 2 is 2.31 bits per heavy atom. The third kappa shape index (κ3) is 3.49. The molecular weight excluding hydrogens is 268 g/mol. The summed E-state index contributed by atoms with van der Waals surface area (Å²) in [5, 5.41) is 0. The highest BCUT2D eigenvalue weighted by Gasteiger charge is 2.13. The highest BCUT2D eigenvalue weighted by molar-refractivity contribution is 9.11. The number of hydrogen-bond donors (Lipinski definition) is 0. The Morgan fingerprint density at radius 1 is 1.62 bits per heavy atom. The molecule has 0 aromatic carbocycles. The summed E-state index contributed by atoms with van der Waals surface area (Å²) < 4.78 is 5.59. The van der Waals surface area contributed by atoms with Gasteiger partial charge in [-0.15, -0.1) is 0 Å². The summed E-state index contributed by atoms with van der Waals surface area (Å²) >= 11 is 3.41. The number of allylic oxidation sites excluding steroid dienone is 5. The Kier molecular flexibility index (Phi) is 4.74. The molecule has 2 nitrogen and oxygen atoms in total. The minimum Gasteiger partial charge on any atom is -0.465 e. The van der Waals surface area contributed by atoms with E-state index >= 15 is 0 Å². The van der Waals surface area contributed by atoms with Crippen molar-refractivity contribution in [3.63, 3.8) is 0 Å². The quantitative estimate of drug-likeness (QED) is 0.572. The normalized spacial score (nSPS) is 28.8. The molecule has 0 fully saturated rings. The van der Waals surface area contributed by atoms with Crippen LogP contribution in [0.2, 0.25) is 0 Å². The maximum Gasteiger partial charge on any atom is 0.337 e. The maximum atomic E-state index is 11.4. The van der Waals surface area contributed by atoms with E-state index in [1.807, 2.05) is 18.2 Å². The van der Waals surface area contributed by atoms with Crippen LogP contribution in [0.1, 0.15) is 13.3 Å². The highest BCUT2D eigenvalue weighted by atomic mass is 79.9. The van der Waals surface area contributed by atoms with E-state index < -0.39 is 0 Å². The van der Waals surface area contributed by atoms with E-state index in [4.69, 9.17) is 0 Å². The molecule has 86 valence electrons. The van der Waals surface area contributed by atoms with Gasteiger partial charge in [-0.05, 0) is 24.0 Å². The third-order valence-electron chi connectivity index (χ3n) is 2.32. The summed E-state index contributed by atoms with van der Waals surface area (Å²) in [6.07, 6.45) is 8.93. The van der Waals surface area contributed by atoms with Gasteiger partial charge < -0.3 is 4.74 Å². The number of carbonyl (C=O) groups is 1. The minimum atomic E-state index is -0.389. The fourth-order valence-electron chi connectivity index (χ4n) is 1.44. The molecule has 0 amide bonds. The van der Waals surface area contributed by atoms with Crippen LogP contribution in [-0.2, 0) is 9.53 Å². The van der Waals surface area contributed by atoms with Crippen molar-refractivity contribution in [3.05, 3.63) is 46.5 Å². The first-order chi connectivity index (χ1) is 7.54. The lowest BCUT2D eigenvalue weighted by molar-refractivity contribution is -0.135. The molecule has 0 saturated carbocycles. The van der Waals surface area contributed by atoms with Gasteiger partial charge in [0.2, 0.25) is 0 Å². The topological polar surface area (TPSA) is 26.3 Å². The Bertz CT molecular complexity index is 389. The van der Waals surface area contributed by atoms with Crippen molar-refractivity contribution in [1.82, 2.24) is 0 Å². The van der Waals surface area contributed by atoms with Gasteiger partial charge in [0.15, 0.2) is 0 Å². The van der Waals surface area contributed by atoms with Crippen molar-refractivity contribution in [2.24, 2.45) is 5.92 Å². The van der Waals surface area contributed by atoms with Crippen LogP contribution in [0.25, 0.3) is 0 Å². The number of ether oxygens (including phenoxy) is 1. The van der Waals surface area contributed by atoms with Crippen molar-refractivity contribution in [2.45, 2.75) is 13.3 Å². The van der Waals surface area contributed by atoms with Crippen LogP contribution < -0.4 is 0 Å². The van der Waals surface area contributed by atoms with Crippen LogP contribution in [-0.4, -0.2) is 13.1 Å². The maximum absolute atomic E-state index is 11.4. The van der Waals surface area contributed by atoms with Gasteiger partial charge in [-0.3, -0.25) is 0 Å². The molecule has 3 heteroatoms. The first-order valence-corrected chi connectivity index (χ1v) is 5.87. The fraction of sp³-hybridized carbons (Fsp3) is 0.308. The van der Waals surface area contributed by atoms with Gasteiger partial charge in [0.05, 0.1) is 12.7 Å². The molecule has 16 heavy (non-hydrogen) atoms. The molecule has 0 radical (unpaired) electrons. The summed E-state index contributed by atoms with van der Waals surface area (Å²) in [6.45, 7) is 5.86.